The lowest BCUT2D eigenvalue weighted by Crippen LogP contribution is -2.36. The average Bonchev–Trinajstić information content (AvgIpc) is 3.19. The van der Waals surface area contributed by atoms with E-state index < -0.39 is 36.4 Å². The van der Waals surface area contributed by atoms with E-state index in [1.165, 1.54) is 6.20 Å². The number of hydrogen-bond donors (Lipinski definition) is 1. The molecule has 1 aliphatic heterocycles. The average molecular weight is 499 g/mol. The molecule has 2 aliphatic rings. The second-order valence-electron chi connectivity index (χ2n) is 8.92. The van der Waals surface area contributed by atoms with Crippen molar-refractivity contribution in [2.75, 3.05) is 31.1 Å². The molecule has 0 radical (unpaired) electrons. The number of anilines is 1. The summed E-state index contributed by atoms with van der Waals surface area (Å²) in [6, 6.07) is 10.2. The minimum absolute atomic E-state index is 0.0244. The molecule has 1 amide bonds. The number of pyridine rings is 1. The molecule has 3 unspecified atom stereocenters. The molecule has 2 fully saturated rings. The Morgan fingerprint density at radius 2 is 1.89 bits per heavy atom. The fraction of sp³-hybridized carbons (Fsp3) is 0.500. The van der Waals surface area contributed by atoms with Gasteiger partial charge in [-0.25, -0.2) is 13.8 Å². The summed E-state index contributed by atoms with van der Waals surface area (Å²) in [7, 11) is 0. The molecule has 1 saturated carbocycles. The minimum atomic E-state index is -4.45. The van der Waals surface area contributed by atoms with E-state index in [0.717, 1.165) is 18.8 Å². The van der Waals surface area contributed by atoms with Crippen LogP contribution in [-0.2, 0) is 4.79 Å². The molecule has 11 heteroatoms. The molecule has 35 heavy (non-hydrogen) atoms. The van der Waals surface area contributed by atoms with Gasteiger partial charge in [-0.15, -0.1) is 0 Å². The number of halogens is 5. The number of benzene rings is 1. The van der Waals surface area contributed by atoms with Crippen molar-refractivity contribution in [3.05, 3.63) is 48.2 Å². The Hall–Kier alpha value is -3.11. The van der Waals surface area contributed by atoms with Crippen LogP contribution in [0.2, 0.25) is 0 Å². The predicted octanol–water partition coefficient (Wildman–Crippen LogP) is 4.56. The van der Waals surface area contributed by atoms with Crippen LogP contribution in [0.15, 0.2) is 42.6 Å². The van der Waals surface area contributed by atoms with Gasteiger partial charge in [0.05, 0.1) is 31.2 Å². The van der Waals surface area contributed by atoms with E-state index in [9.17, 15) is 26.7 Å². The third-order valence-corrected chi connectivity index (χ3v) is 6.14. The maximum atomic E-state index is 12.9. The van der Waals surface area contributed by atoms with Gasteiger partial charge in [-0.05, 0) is 36.8 Å². The lowest BCUT2D eigenvalue weighted by Gasteiger charge is -2.19. The van der Waals surface area contributed by atoms with Gasteiger partial charge < -0.3 is 19.7 Å². The number of amides is 1. The van der Waals surface area contributed by atoms with Crippen LogP contribution >= 0.6 is 0 Å². The highest BCUT2D eigenvalue weighted by Crippen LogP contribution is 2.48. The Balaban J connectivity index is 1.24. The van der Waals surface area contributed by atoms with E-state index >= 15 is 0 Å². The first-order valence-corrected chi connectivity index (χ1v) is 11.3. The van der Waals surface area contributed by atoms with Crippen LogP contribution < -0.4 is 19.7 Å². The number of rotatable bonds is 9. The Morgan fingerprint density at radius 1 is 1.20 bits per heavy atom. The zero-order valence-electron chi connectivity index (χ0n) is 19.0. The van der Waals surface area contributed by atoms with E-state index in [0.29, 0.717) is 23.6 Å². The SMILES string of the molecule is CC(C(=O)NCC(F)(F)F)c1ccc(OC2CCN(c3ccc(OCC4CC4(F)F)cn3)C2)cc1. The molecule has 0 bridgehead atoms. The van der Waals surface area contributed by atoms with E-state index in [4.69, 9.17) is 9.47 Å². The van der Waals surface area contributed by atoms with Crippen LogP contribution in [0.1, 0.15) is 31.2 Å². The minimum Gasteiger partial charge on any atom is -0.491 e. The molecule has 0 spiro atoms. The van der Waals surface area contributed by atoms with Crippen LogP contribution in [-0.4, -0.2) is 55.3 Å². The van der Waals surface area contributed by atoms with Gasteiger partial charge in [0.25, 0.3) is 5.92 Å². The predicted molar refractivity (Wildman–Crippen MR) is 118 cm³/mol. The van der Waals surface area contributed by atoms with E-state index in [-0.39, 0.29) is 19.1 Å². The Bertz CT molecular complexity index is 1010. The van der Waals surface area contributed by atoms with Gasteiger partial charge in [-0.1, -0.05) is 12.1 Å². The summed E-state index contributed by atoms with van der Waals surface area (Å²) in [6.07, 6.45) is -2.40. The molecule has 1 saturated heterocycles. The molecule has 1 aromatic heterocycles. The van der Waals surface area contributed by atoms with Crippen molar-refractivity contribution in [3.8, 4) is 11.5 Å². The Kier molecular flexibility index (Phi) is 7.05. The second-order valence-corrected chi connectivity index (χ2v) is 8.92. The van der Waals surface area contributed by atoms with Crippen molar-refractivity contribution in [1.29, 1.82) is 0 Å². The lowest BCUT2D eigenvalue weighted by atomic mass is 10.0. The second kappa shape index (κ2) is 9.87. The highest BCUT2D eigenvalue weighted by Gasteiger charge is 2.57. The summed E-state index contributed by atoms with van der Waals surface area (Å²) in [5.41, 5.74) is 0.585. The van der Waals surface area contributed by atoms with Gasteiger partial charge in [0.15, 0.2) is 0 Å². The summed E-state index contributed by atoms with van der Waals surface area (Å²) >= 11 is 0. The highest BCUT2D eigenvalue weighted by atomic mass is 19.4. The number of hydrogen-bond acceptors (Lipinski definition) is 5. The van der Waals surface area contributed by atoms with Gasteiger partial charge >= 0.3 is 6.18 Å². The number of carbonyl (C=O) groups is 1. The maximum Gasteiger partial charge on any atom is 0.405 e. The van der Waals surface area contributed by atoms with Gasteiger partial charge in [-0.3, -0.25) is 4.79 Å². The molecule has 1 aliphatic carbocycles. The standard InChI is InChI=1S/C24H26F5N3O3/c1-15(22(33)31-14-24(27,28)29)16-2-4-18(5-3-16)35-20-8-9-32(12-20)21-7-6-19(11-30-21)34-13-17-10-23(17,25)26/h2-7,11,15,17,20H,8-10,12-14H2,1H3,(H,31,33). The van der Waals surface area contributed by atoms with Crippen LogP contribution in [0, 0.1) is 5.92 Å². The molecule has 190 valence electrons. The summed E-state index contributed by atoms with van der Waals surface area (Å²) < 4.78 is 74.2. The van der Waals surface area contributed by atoms with Crippen molar-refractivity contribution in [3.63, 3.8) is 0 Å². The van der Waals surface area contributed by atoms with Crippen molar-refractivity contribution >= 4 is 11.7 Å². The molecular formula is C24H26F5N3O3. The Morgan fingerprint density at radius 3 is 2.49 bits per heavy atom. The number of alkyl halides is 5. The number of nitrogens with zero attached hydrogens (tertiary/aromatic N) is 2. The summed E-state index contributed by atoms with van der Waals surface area (Å²) in [4.78, 5) is 18.4. The molecule has 2 aromatic rings. The molecule has 1 N–H and O–H groups in total. The monoisotopic (exact) mass is 499 g/mol. The number of ether oxygens (including phenoxy) is 2. The summed E-state index contributed by atoms with van der Waals surface area (Å²) in [5.74, 6) is -2.98. The molecule has 6 nitrogen and oxygen atoms in total. The molecule has 2 heterocycles. The maximum absolute atomic E-state index is 12.9. The largest absolute Gasteiger partial charge is 0.491 e. The van der Waals surface area contributed by atoms with Crippen molar-refractivity contribution < 1.29 is 36.2 Å². The van der Waals surface area contributed by atoms with Crippen molar-refractivity contribution in [2.24, 2.45) is 5.92 Å². The van der Waals surface area contributed by atoms with E-state index in [1.54, 1.807) is 43.3 Å². The zero-order chi connectivity index (χ0) is 25.2. The zero-order valence-corrected chi connectivity index (χ0v) is 19.0. The molecule has 4 rings (SSSR count). The van der Waals surface area contributed by atoms with Gasteiger partial charge in [0, 0.05) is 19.4 Å². The first-order valence-electron chi connectivity index (χ1n) is 11.3. The first kappa shape index (κ1) is 25.0. The van der Waals surface area contributed by atoms with Crippen LogP contribution in [0.25, 0.3) is 0 Å². The van der Waals surface area contributed by atoms with E-state index in [1.807, 2.05) is 10.2 Å². The van der Waals surface area contributed by atoms with Crippen LogP contribution in [0.4, 0.5) is 27.8 Å². The van der Waals surface area contributed by atoms with Crippen LogP contribution in [0.3, 0.4) is 0 Å². The van der Waals surface area contributed by atoms with E-state index in [2.05, 4.69) is 4.98 Å². The number of carbonyl (C=O) groups excluding carboxylic acids is 1. The topological polar surface area (TPSA) is 63.7 Å². The quantitative estimate of drug-likeness (QED) is 0.513. The lowest BCUT2D eigenvalue weighted by molar-refractivity contribution is -0.139. The van der Waals surface area contributed by atoms with Crippen molar-refractivity contribution in [2.45, 2.75) is 43.9 Å². The first-order chi connectivity index (χ1) is 16.5. The summed E-state index contributed by atoms with van der Waals surface area (Å²) in [6.45, 7) is 1.48. The molecular weight excluding hydrogens is 473 g/mol. The smallest absolute Gasteiger partial charge is 0.405 e. The van der Waals surface area contributed by atoms with Gasteiger partial charge in [-0.2, -0.15) is 13.2 Å². The fourth-order valence-electron chi connectivity index (χ4n) is 3.84. The molecule has 3 atom stereocenters. The number of nitrogens with one attached hydrogen (secondary N) is 1. The Labute approximate surface area is 199 Å². The third kappa shape index (κ3) is 6.73. The van der Waals surface area contributed by atoms with Gasteiger partial charge in [0.2, 0.25) is 5.91 Å². The van der Waals surface area contributed by atoms with Gasteiger partial charge in [0.1, 0.15) is 30.0 Å². The third-order valence-electron chi connectivity index (χ3n) is 6.14. The highest BCUT2D eigenvalue weighted by molar-refractivity contribution is 5.83. The fourth-order valence-corrected chi connectivity index (χ4v) is 3.84. The molecule has 1 aromatic carbocycles. The summed E-state index contributed by atoms with van der Waals surface area (Å²) in [5, 5.41) is 1.89. The van der Waals surface area contributed by atoms with Crippen molar-refractivity contribution in [1.82, 2.24) is 10.3 Å². The van der Waals surface area contributed by atoms with Crippen LogP contribution in [0.5, 0.6) is 11.5 Å². The normalized spacial score (nSPS) is 21.9. The number of aromatic nitrogens is 1.